The van der Waals surface area contributed by atoms with Gasteiger partial charge < -0.3 is 15.4 Å². The minimum Gasteiger partial charge on any atom is -0.374 e. The molecule has 2 N–H and O–H groups in total. The average molecular weight is 388 g/mol. The maximum absolute atomic E-state index is 12.0. The van der Waals surface area contributed by atoms with Gasteiger partial charge in [-0.3, -0.25) is 14.5 Å². The number of nitrogens with zero attached hydrogens (tertiary/aromatic N) is 1. The first-order chi connectivity index (χ1) is 13.2. The van der Waals surface area contributed by atoms with E-state index in [0.717, 1.165) is 19.6 Å². The number of nitrogens with one attached hydrogen (secondary N) is 2. The molecule has 0 aliphatic carbocycles. The number of thiophene rings is 1. The Morgan fingerprint density at radius 3 is 2.78 bits per heavy atom. The topological polar surface area (TPSA) is 70.7 Å². The second kappa shape index (κ2) is 10.2. The molecule has 1 aromatic carbocycles. The van der Waals surface area contributed by atoms with Crippen molar-refractivity contribution >= 4 is 23.2 Å². The van der Waals surface area contributed by atoms with E-state index in [-0.39, 0.29) is 24.3 Å². The minimum absolute atomic E-state index is 0.00729. The van der Waals surface area contributed by atoms with Crippen molar-refractivity contribution in [2.75, 3.05) is 32.8 Å². The zero-order valence-electron chi connectivity index (χ0n) is 15.2. The number of rotatable bonds is 8. The summed E-state index contributed by atoms with van der Waals surface area (Å²) in [6, 6.07) is 14.0. The van der Waals surface area contributed by atoms with Gasteiger partial charge >= 0.3 is 0 Å². The van der Waals surface area contributed by atoms with Gasteiger partial charge in [-0.2, -0.15) is 0 Å². The third kappa shape index (κ3) is 6.46. The fourth-order valence-corrected chi connectivity index (χ4v) is 3.63. The molecule has 1 atom stereocenters. The lowest BCUT2D eigenvalue weighted by molar-refractivity contribution is -0.122. The van der Waals surface area contributed by atoms with E-state index in [1.165, 1.54) is 16.9 Å². The maximum atomic E-state index is 12.0. The van der Waals surface area contributed by atoms with Crippen molar-refractivity contribution in [3.05, 3.63) is 58.3 Å². The van der Waals surface area contributed by atoms with E-state index in [9.17, 15) is 9.59 Å². The van der Waals surface area contributed by atoms with Crippen LogP contribution in [0.2, 0.25) is 0 Å². The van der Waals surface area contributed by atoms with E-state index in [2.05, 4.69) is 27.7 Å². The van der Waals surface area contributed by atoms with E-state index in [0.29, 0.717) is 24.6 Å². The van der Waals surface area contributed by atoms with Gasteiger partial charge in [0.2, 0.25) is 5.91 Å². The van der Waals surface area contributed by atoms with Crippen molar-refractivity contribution in [2.45, 2.75) is 19.1 Å². The summed E-state index contributed by atoms with van der Waals surface area (Å²) in [5.74, 6) is -0.213. The molecule has 3 rings (SSSR count). The number of ether oxygens (including phenoxy) is 1. The monoisotopic (exact) mass is 387 g/mol. The standard InChI is InChI=1S/C20H25N3O3S/c24-19(8-9-21-20(25)18-7-4-12-27-18)22-13-17-15-23(10-11-26-17)14-16-5-2-1-3-6-16/h1-7,12,17H,8-11,13-15H2,(H,21,25)(H,22,24). The third-order valence-corrected chi connectivity index (χ3v) is 5.25. The Labute approximate surface area is 163 Å². The number of benzene rings is 1. The van der Waals surface area contributed by atoms with Gasteiger partial charge in [-0.05, 0) is 17.0 Å². The van der Waals surface area contributed by atoms with Crippen LogP contribution in [0.3, 0.4) is 0 Å². The average Bonchev–Trinajstić information content (AvgIpc) is 3.22. The van der Waals surface area contributed by atoms with Crippen LogP contribution in [0.1, 0.15) is 21.7 Å². The Hall–Kier alpha value is -2.22. The molecule has 27 heavy (non-hydrogen) atoms. The number of carbonyl (C=O) groups excluding carboxylic acids is 2. The smallest absolute Gasteiger partial charge is 0.261 e. The highest BCUT2D eigenvalue weighted by atomic mass is 32.1. The molecular weight excluding hydrogens is 362 g/mol. The van der Waals surface area contributed by atoms with Gasteiger partial charge in [-0.1, -0.05) is 36.4 Å². The second-order valence-corrected chi connectivity index (χ2v) is 7.45. The zero-order valence-corrected chi connectivity index (χ0v) is 16.0. The van der Waals surface area contributed by atoms with Crippen LogP contribution >= 0.6 is 11.3 Å². The minimum atomic E-state index is -0.134. The van der Waals surface area contributed by atoms with Crippen LogP contribution in [-0.2, 0) is 16.1 Å². The molecule has 0 spiro atoms. The van der Waals surface area contributed by atoms with Gasteiger partial charge in [-0.15, -0.1) is 11.3 Å². The molecule has 1 saturated heterocycles. The maximum Gasteiger partial charge on any atom is 0.261 e. The molecule has 0 radical (unpaired) electrons. The molecule has 2 aromatic rings. The molecule has 0 saturated carbocycles. The predicted octanol–water partition coefficient (Wildman–Crippen LogP) is 1.89. The summed E-state index contributed by atoms with van der Waals surface area (Å²) in [7, 11) is 0. The molecule has 2 heterocycles. The summed E-state index contributed by atoms with van der Waals surface area (Å²) in [5.41, 5.74) is 1.28. The lowest BCUT2D eigenvalue weighted by Gasteiger charge is -2.33. The largest absolute Gasteiger partial charge is 0.374 e. The Morgan fingerprint density at radius 2 is 2.00 bits per heavy atom. The van der Waals surface area contributed by atoms with Crippen LogP contribution in [0, 0.1) is 0 Å². The van der Waals surface area contributed by atoms with Gasteiger partial charge in [0.05, 0.1) is 17.6 Å². The van der Waals surface area contributed by atoms with Crippen molar-refractivity contribution in [3.8, 4) is 0 Å². The molecule has 7 heteroatoms. The summed E-state index contributed by atoms with van der Waals surface area (Å²) in [6.07, 6.45) is 0.254. The highest BCUT2D eigenvalue weighted by molar-refractivity contribution is 7.12. The van der Waals surface area contributed by atoms with Crippen molar-refractivity contribution < 1.29 is 14.3 Å². The Balaban J connectivity index is 1.33. The fraction of sp³-hybridized carbons (Fsp3) is 0.400. The van der Waals surface area contributed by atoms with E-state index in [1.807, 2.05) is 29.6 Å². The lowest BCUT2D eigenvalue weighted by atomic mass is 10.2. The van der Waals surface area contributed by atoms with Crippen LogP contribution in [-0.4, -0.2) is 55.6 Å². The summed E-state index contributed by atoms with van der Waals surface area (Å²) in [5, 5.41) is 7.52. The molecule has 2 amide bonds. The van der Waals surface area contributed by atoms with Crippen LogP contribution in [0.15, 0.2) is 47.8 Å². The SMILES string of the molecule is O=C(CCNC(=O)c1cccs1)NCC1CN(Cc2ccccc2)CCO1. The van der Waals surface area contributed by atoms with Gasteiger partial charge in [0.25, 0.3) is 5.91 Å². The van der Waals surface area contributed by atoms with Crippen LogP contribution in [0.4, 0.5) is 0 Å². The molecule has 6 nitrogen and oxygen atoms in total. The number of hydrogen-bond donors (Lipinski definition) is 2. The van der Waals surface area contributed by atoms with Crippen molar-refractivity contribution in [2.24, 2.45) is 0 Å². The molecule has 1 fully saturated rings. The quantitative estimate of drug-likeness (QED) is 0.726. The van der Waals surface area contributed by atoms with E-state index in [4.69, 9.17) is 4.74 Å². The summed E-state index contributed by atoms with van der Waals surface area (Å²) < 4.78 is 5.76. The van der Waals surface area contributed by atoms with Gasteiger partial charge in [0, 0.05) is 39.1 Å². The van der Waals surface area contributed by atoms with Gasteiger partial charge in [0.15, 0.2) is 0 Å². The number of carbonyl (C=O) groups is 2. The van der Waals surface area contributed by atoms with Crippen molar-refractivity contribution in [1.82, 2.24) is 15.5 Å². The first-order valence-electron chi connectivity index (χ1n) is 9.17. The molecule has 1 aromatic heterocycles. The summed E-state index contributed by atoms with van der Waals surface area (Å²) in [6.45, 7) is 4.07. The summed E-state index contributed by atoms with van der Waals surface area (Å²) in [4.78, 5) is 26.8. The third-order valence-electron chi connectivity index (χ3n) is 4.38. The van der Waals surface area contributed by atoms with Crippen molar-refractivity contribution in [1.29, 1.82) is 0 Å². The van der Waals surface area contributed by atoms with E-state index >= 15 is 0 Å². The fourth-order valence-electron chi connectivity index (χ4n) is 2.99. The molecular formula is C20H25N3O3S. The van der Waals surface area contributed by atoms with Crippen LogP contribution in [0.5, 0.6) is 0 Å². The Morgan fingerprint density at radius 1 is 1.15 bits per heavy atom. The lowest BCUT2D eigenvalue weighted by Crippen LogP contribution is -2.47. The van der Waals surface area contributed by atoms with Crippen LogP contribution < -0.4 is 10.6 Å². The van der Waals surface area contributed by atoms with Crippen molar-refractivity contribution in [3.63, 3.8) is 0 Å². The molecule has 1 aliphatic rings. The number of amides is 2. The molecule has 144 valence electrons. The van der Waals surface area contributed by atoms with Crippen LogP contribution in [0.25, 0.3) is 0 Å². The number of hydrogen-bond acceptors (Lipinski definition) is 5. The highest BCUT2D eigenvalue weighted by Crippen LogP contribution is 2.10. The molecule has 0 bridgehead atoms. The summed E-state index contributed by atoms with van der Waals surface area (Å²) >= 11 is 1.39. The zero-order chi connectivity index (χ0) is 18.9. The predicted molar refractivity (Wildman–Crippen MR) is 106 cm³/mol. The second-order valence-electron chi connectivity index (χ2n) is 6.50. The van der Waals surface area contributed by atoms with Gasteiger partial charge in [-0.25, -0.2) is 0 Å². The van der Waals surface area contributed by atoms with E-state index in [1.54, 1.807) is 6.07 Å². The first-order valence-corrected chi connectivity index (χ1v) is 10.0. The molecule has 1 aliphatic heterocycles. The van der Waals surface area contributed by atoms with Gasteiger partial charge in [0.1, 0.15) is 0 Å². The highest BCUT2D eigenvalue weighted by Gasteiger charge is 2.21. The molecule has 1 unspecified atom stereocenters. The Bertz CT molecular complexity index is 721. The Kier molecular flexibility index (Phi) is 7.38. The first kappa shape index (κ1) is 19.5. The number of morpholine rings is 1. The van der Waals surface area contributed by atoms with E-state index < -0.39 is 0 Å². The normalized spacial score (nSPS) is 17.4.